The summed E-state index contributed by atoms with van der Waals surface area (Å²) in [6.07, 6.45) is 11.2. The number of rotatable bonds is 9. The van der Waals surface area contributed by atoms with Gasteiger partial charge < -0.3 is 0 Å². The first-order valence-electron chi connectivity index (χ1n) is 7.38. The first-order valence-corrected chi connectivity index (χ1v) is 8.01. The Balaban J connectivity index is 3.25. The van der Waals surface area contributed by atoms with Crippen molar-refractivity contribution in [3.05, 3.63) is 0 Å². The highest BCUT2D eigenvalue weighted by atomic mass is 32.1. The lowest BCUT2D eigenvalue weighted by Crippen LogP contribution is -2.12. The monoisotopic (exact) mass is 258 g/mol. The Morgan fingerprint density at radius 3 is 1.47 bits per heavy atom. The minimum absolute atomic E-state index is 0.440. The van der Waals surface area contributed by atoms with E-state index in [1.54, 1.807) is 0 Å². The van der Waals surface area contributed by atoms with E-state index in [-0.39, 0.29) is 0 Å². The Morgan fingerprint density at radius 2 is 1.06 bits per heavy atom. The van der Waals surface area contributed by atoms with Gasteiger partial charge in [-0.2, -0.15) is 12.6 Å². The van der Waals surface area contributed by atoms with Crippen molar-refractivity contribution in [2.24, 2.45) is 10.8 Å². The third-order valence-corrected chi connectivity index (χ3v) is 4.31. The molecule has 0 amide bonds. The summed E-state index contributed by atoms with van der Waals surface area (Å²) in [7, 11) is 0. The van der Waals surface area contributed by atoms with Crippen LogP contribution in [-0.4, -0.2) is 5.75 Å². The molecule has 0 nitrogen and oxygen atoms in total. The van der Waals surface area contributed by atoms with Gasteiger partial charge in [0.05, 0.1) is 0 Å². The van der Waals surface area contributed by atoms with Gasteiger partial charge in [0, 0.05) is 0 Å². The van der Waals surface area contributed by atoms with Gasteiger partial charge in [-0.05, 0) is 29.4 Å². The van der Waals surface area contributed by atoms with Gasteiger partial charge in [-0.3, -0.25) is 0 Å². The molecule has 0 bridgehead atoms. The minimum Gasteiger partial charge on any atom is -0.179 e. The Labute approximate surface area is 115 Å². The van der Waals surface area contributed by atoms with Crippen molar-refractivity contribution in [3.63, 3.8) is 0 Å². The maximum absolute atomic E-state index is 4.40. The minimum atomic E-state index is 0.440. The third-order valence-electron chi connectivity index (χ3n) is 3.46. The van der Waals surface area contributed by atoms with Crippen LogP contribution >= 0.6 is 12.6 Å². The second-order valence-electron chi connectivity index (χ2n) is 7.50. The quantitative estimate of drug-likeness (QED) is 0.374. The standard InChI is InChI=1S/C16H34S/c1-15(2,3)12-10-8-6-7-9-11-13-16(4,5)14-17/h17H,6-14H2,1-5H3. The fraction of sp³-hybridized carbons (Fsp3) is 1.00. The van der Waals surface area contributed by atoms with Gasteiger partial charge in [-0.25, -0.2) is 0 Å². The van der Waals surface area contributed by atoms with Crippen molar-refractivity contribution in [2.45, 2.75) is 86.0 Å². The summed E-state index contributed by atoms with van der Waals surface area (Å²) in [6.45, 7) is 11.7. The number of hydrogen-bond donors (Lipinski definition) is 1. The van der Waals surface area contributed by atoms with Gasteiger partial charge in [-0.1, -0.05) is 73.1 Å². The summed E-state index contributed by atoms with van der Waals surface area (Å²) < 4.78 is 0. The molecule has 0 aromatic heterocycles. The topological polar surface area (TPSA) is 0 Å². The zero-order valence-electron chi connectivity index (χ0n) is 12.8. The lowest BCUT2D eigenvalue weighted by Gasteiger charge is -2.21. The van der Waals surface area contributed by atoms with E-state index in [0.29, 0.717) is 10.8 Å². The molecule has 0 unspecified atom stereocenters. The highest BCUT2D eigenvalue weighted by Gasteiger charge is 2.14. The zero-order valence-corrected chi connectivity index (χ0v) is 13.7. The molecule has 0 radical (unpaired) electrons. The molecule has 0 saturated carbocycles. The van der Waals surface area contributed by atoms with Crippen molar-refractivity contribution in [1.29, 1.82) is 0 Å². The summed E-state index contributed by atoms with van der Waals surface area (Å²) in [4.78, 5) is 0. The van der Waals surface area contributed by atoms with E-state index in [2.05, 4.69) is 47.2 Å². The van der Waals surface area contributed by atoms with Crippen LogP contribution in [-0.2, 0) is 0 Å². The highest BCUT2D eigenvalue weighted by molar-refractivity contribution is 7.80. The molecule has 0 aliphatic rings. The molecule has 0 N–H and O–H groups in total. The molecule has 0 aliphatic carbocycles. The number of unbranched alkanes of at least 4 members (excludes halogenated alkanes) is 5. The Bertz CT molecular complexity index is 176. The van der Waals surface area contributed by atoms with Crippen molar-refractivity contribution in [1.82, 2.24) is 0 Å². The van der Waals surface area contributed by atoms with E-state index in [9.17, 15) is 0 Å². The molecule has 0 fully saturated rings. The van der Waals surface area contributed by atoms with Crippen molar-refractivity contribution in [2.75, 3.05) is 5.75 Å². The van der Waals surface area contributed by atoms with Gasteiger partial charge in [-0.15, -0.1) is 0 Å². The summed E-state index contributed by atoms with van der Waals surface area (Å²) in [6, 6.07) is 0. The molecule has 17 heavy (non-hydrogen) atoms. The van der Waals surface area contributed by atoms with Crippen LogP contribution in [0.25, 0.3) is 0 Å². The second-order valence-corrected chi connectivity index (χ2v) is 7.82. The SMILES string of the molecule is CC(C)(C)CCCCCCCCC(C)(C)CS. The van der Waals surface area contributed by atoms with E-state index in [1.807, 2.05) is 0 Å². The maximum Gasteiger partial charge on any atom is -0.00464 e. The lowest BCUT2D eigenvalue weighted by atomic mass is 9.88. The fourth-order valence-electron chi connectivity index (χ4n) is 2.05. The predicted octanol–water partition coefficient (Wildman–Crippen LogP) is 6.11. The van der Waals surface area contributed by atoms with E-state index < -0.39 is 0 Å². The smallest absolute Gasteiger partial charge is 0.00464 e. The van der Waals surface area contributed by atoms with Crippen LogP contribution in [0.5, 0.6) is 0 Å². The molecule has 0 saturated heterocycles. The van der Waals surface area contributed by atoms with Gasteiger partial charge in [0.1, 0.15) is 0 Å². The molecule has 0 rings (SSSR count). The molecule has 0 aromatic carbocycles. The lowest BCUT2D eigenvalue weighted by molar-refractivity contribution is 0.350. The molecule has 0 aliphatic heterocycles. The van der Waals surface area contributed by atoms with E-state index >= 15 is 0 Å². The summed E-state index contributed by atoms with van der Waals surface area (Å²) >= 11 is 4.40. The van der Waals surface area contributed by atoms with Crippen LogP contribution in [0, 0.1) is 10.8 Å². The van der Waals surface area contributed by atoms with Crippen LogP contribution < -0.4 is 0 Å². The van der Waals surface area contributed by atoms with Crippen molar-refractivity contribution in [3.8, 4) is 0 Å². The average molecular weight is 259 g/mol. The molecule has 0 atom stereocenters. The average Bonchev–Trinajstić information content (AvgIpc) is 2.20. The largest absolute Gasteiger partial charge is 0.179 e. The molecule has 0 aromatic rings. The third kappa shape index (κ3) is 12.6. The highest BCUT2D eigenvalue weighted by Crippen LogP contribution is 2.26. The maximum atomic E-state index is 4.40. The molecule has 0 heterocycles. The Morgan fingerprint density at radius 1 is 0.647 bits per heavy atom. The van der Waals surface area contributed by atoms with E-state index in [4.69, 9.17) is 0 Å². The predicted molar refractivity (Wildman–Crippen MR) is 84.0 cm³/mol. The molecular formula is C16H34S. The number of thiol groups is 1. The van der Waals surface area contributed by atoms with Crippen LogP contribution in [0.2, 0.25) is 0 Å². The first-order chi connectivity index (χ1) is 7.77. The van der Waals surface area contributed by atoms with Crippen molar-refractivity contribution >= 4 is 12.6 Å². The normalized spacial score (nSPS) is 13.1. The Hall–Kier alpha value is 0.350. The Kier molecular flexibility index (Phi) is 8.63. The van der Waals surface area contributed by atoms with Gasteiger partial charge in [0.25, 0.3) is 0 Å². The van der Waals surface area contributed by atoms with Gasteiger partial charge in [0.15, 0.2) is 0 Å². The summed E-state index contributed by atoms with van der Waals surface area (Å²) in [5.41, 5.74) is 0.964. The first kappa shape index (κ1) is 17.4. The van der Waals surface area contributed by atoms with E-state index in [0.717, 1.165) is 5.75 Å². The van der Waals surface area contributed by atoms with Crippen molar-refractivity contribution < 1.29 is 0 Å². The van der Waals surface area contributed by atoms with Crippen LogP contribution in [0.3, 0.4) is 0 Å². The van der Waals surface area contributed by atoms with Crippen LogP contribution in [0.1, 0.15) is 86.0 Å². The molecule has 104 valence electrons. The molecular weight excluding hydrogens is 224 g/mol. The summed E-state index contributed by atoms with van der Waals surface area (Å²) in [5.74, 6) is 1.01. The summed E-state index contributed by atoms with van der Waals surface area (Å²) in [5, 5.41) is 0. The fourth-order valence-corrected chi connectivity index (χ4v) is 2.20. The van der Waals surface area contributed by atoms with Crippen LogP contribution in [0.4, 0.5) is 0 Å². The zero-order chi connectivity index (χ0) is 13.4. The number of hydrogen-bond acceptors (Lipinski definition) is 1. The molecule has 1 heteroatoms. The van der Waals surface area contributed by atoms with Gasteiger partial charge >= 0.3 is 0 Å². The van der Waals surface area contributed by atoms with Crippen LogP contribution in [0.15, 0.2) is 0 Å². The van der Waals surface area contributed by atoms with E-state index in [1.165, 1.54) is 51.4 Å². The van der Waals surface area contributed by atoms with Gasteiger partial charge in [0.2, 0.25) is 0 Å². The second kappa shape index (κ2) is 8.45. The molecule has 0 spiro atoms.